The molecule has 2 N–H and O–H groups in total. The fraction of sp³-hybridized carbons (Fsp3) is 0.429. The van der Waals surface area contributed by atoms with E-state index in [2.05, 4.69) is 15.9 Å². The Bertz CT molecular complexity index is 900. The Balaban J connectivity index is 2.27. The Hall–Kier alpha value is -2.28. The van der Waals surface area contributed by atoms with Gasteiger partial charge in [-0.3, -0.25) is 4.79 Å². The second-order valence-electron chi connectivity index (χ2n) is 7.70. The van der Waals surface area contributed by atoms with Crippen molar-refractivity contribution in [1.29, 1.82) is 0 Å². The van der Waals surface area contributed by atoms with Crippen LogP contribution in [0.1, 0.15) is 45.1 Å². The van der Waals surface area contributed by atoms with Crippen molar-refractivity contribution < 1.29 is 23.8 Å². The van der Waals surface area contributed by atoms with Gasteiger partial charge in [0.25, 0.3) is 0 Å². The minimum atomic E-state index is -0.709. The van der Waals surface area contributed by atoms with Crippen LogP contribution in [0.5, 0.6) is 5.75 Å². The lowest BCUT2D eigenvalue weighted by Crippen LogP contribution is -2.35. The highest BCUT2D eigenvalue weighted by atomic mass is 79.9. The van der Waals surface area contributed by atoms with Gasteiger partial charge < -0.3 is 19.9 Å². The molecule has 0 amide bonds. The SMILES string of the molecule is CCOc1ccc(Br)cc1C1C(C(=O)OC)=C(N)OC2=C1C(=O)CC(C)(C)C2. The van der Waals surface area contributed by atoms with Crippen LogP contribution in [0, 0.1) is 5.41 Å². The minimum Gasteiger partial charge on any atom is -0.494 e. The lowest BCUT2D eigenvalue weighted by molar-refractivity contribution is -0.136. The van der Waals surface area contributed by atoms with Gasteiger partial charge in [0.05, 0.1) is 19.6 Å². The fourth-order valence-electron chi connectivity index (χ4n) is 3.84. The molecule has 7 heteroatoms. The van der Waals surface area contributed by atoms with Gasteiger partial charge in [-0.05, 0) is 30.5 Å². The van der Waals surface area contributed by atoms with Crippen LogP contribution in [-0.4, -0.2) is 25.5 Å². The second-order valence-corrected chi connectivity index (χ2v) is 8.61. The first kappa shape index (κ1) is 20.5. The average Bonchev–Trinajstić information content (AvgIpc) is 2.60. The van der Waals surface area contributed by atoms with Crippen LogP contribution in [-0.2, 0) is 19.1 Å². The number of esters is 1. The number of Topliss-reactive ketones (excluding diaryl/α,β-unsaturated/α-hetero) is 1. The molecule has 0 radical (unpaired) electrons. The van der Waals surface area contributed by atoms with Crippen molar-refractivity contribution in [2.24, 2.45) is 11.1 Å². The number of carbonyl (C=O) groups excluding carboxylic acids is 2. The molecule has 1 aromatic rings. The molecule has 0 aromatic heterocycles. The van der Waals surface area contributed by atoms with Gasteiger partial charge in [-0.25, -0.2) is 4.79 Å². The molecule has 1 aliphatic carbocycles. The molecule has 3 rings (SSSR count). The maximum absolute atomic E-state index is 13.1. The van der Waals surface area contributed by atoms with Gasteiger partial charge in [0, 0.05) is 28.5 Å². The van der Waals surface area contributed by atoms with Crippen molar-refractivity contribution in [1.82, 2.24) is 0 Å². The summed E-state index contributed by atoms with van der Waals surface area (Å²) in [5.41, 5.74) is 7.14. The maximum Gasteiger partial charge on any atom is 0.340 e. The van der Waals surface area contributed by atoms with Crippen molar-refractivity contribution in [3.8, 4) is 5.75 Å². The zero-order valence-corrected chi connectivity index (χ0v) is 18.0. The molecule has 1 atom stereocenters. The molecule has 0 saturated heterocycles. The van der Waals surface area contributed by atoms with Gasteiger partial charge in [0.2, 0.25) is 5.88 Å². The Kier molecular flexibility index (Phi) is 5.57. The minimum absolute atomic E-state index is 0.0384. The predicted molar refractivity (Wildman–Crippen MR) is 107 cm³/mol. The van der Waals surface area contributed by atoms with Crippen molar-refractivity contribution in [2.45, 2.75) is 39.5 Å². The molecule has 1 heterocycles. The second kappa shape index (κ2) is 7.62. The molecule has 1 aromatic carbocycles. The van der Waals surface area contributed by atoms with E-state index in [1.165, 1.54) is 7.11 Å². The highest BCUT2D eigenvalue weighted by molar-refractivity contribution is 9.10. The first-order chi connectivity index (χ1) is 13.2. The van der Waals surface area contributed by atoms with E-state index in [4.69, 9.17) is 19.9 Å². The Morgan fingerprint density at radius 1 is 1.36 bits per heavy atom. The molecule has 1 aliphatic heterocycles. The Morgan fingerprint density at radius 2 is 2.07 bits per heavy atom. The monoisotopic (exact) mass is 449 g/mol. The molecule has 150 valence electrons. The number of allylic oxidation sites excluding steroid dienone is 2. The summed E-state index contributed by atoms with van der Waals surface area (Å²) >= 11 is 3.47. The van der Waals surface area contributed by atoms with E-state index in [0.717, 1.165) is 4.47 Å². The van der Waals surface area contributed by atoms with Crippen LogP contribution < -0.4 is 10.5 Å². The molecule has 0 saturated carbocycles. The van der Waals surface area contributed by atoms with Crippen LogP contribution in [0.3, 0.4) is 0 Å². The number of halogens is 1. The van der Waals surface area contributed by atoms with Gasteiger partial charge >= 0.3 is 5.97 Å². The molecular formula is C21H24BrNO5. The molecule has 0 fully saturated rings. The lowest BCUT2D eigenvalue weighted by Gasteiger charge is -2.38. The predicted octanol–water partition coefficient (Wildman–Crippen LogP) is 3.95. The number of ketones is 1. The Morgan fingerprint density at radius 3 is 2.71 bits per heavy atom. The quantitative estimate of drug-likeness (QED) is 0.700. The summed E-state index contributed by atoms with van der Waals surface area (Å²) in [6.07, 6.45) is 0.912. The molecule has 1 unspecified atom stereocenters. The zero-order valence-electron chi connectivity index (χ0n) is 16.4. The number of ether oxygens (including phenoxy) is 3. The number of hydrogen-bond acceptors (Lipinski definition) is 6. The summed E-state index contributed by atoms with van der Waals surface area (Å²) in [5, 5.41) is 0. The van der Waals surface area contributed by atoms with Crippen LogP contribution in [0.4, 0.5) is 0 Å². The van der Waals surface area contributed by atoms with E-state index in [-0.39, 0.29) is 22.7 Å². The first-order valence-electron chi connectivity index (χ1n) is 9.12. The molecule has 28 heavy (non-hydrogen) atoms. The largest absolute Gasteiger partial charge is 0.494 e. The van der Waals surface area contributed by atoms with E-state index in [1.54, 1.807) is 6.07 Å². The fourth-order valence-corrected chi connectivity index (χ4v) is 4.22. The average molecular weight is 450 g/mol. The van der Waals surface area contributed by atoms with E-state index in [1.807, 2.05) is 32.9 Å². The highest BCUT2D eigenvalue weighted by Crippen LogP contribution is 2.50. The van der Waals surface area contributed by atoms with Crippen molar-refractivity contribution in [2.75, 3.05) is 13.7 Å². The molecular weight excluding hydrogens is 426 g/mol. The van der Waals surface area contributed by atoms with Gasteiger partial charge in [-0.15, -0.1) is 0 Å². The number of benzene rings is 1. The zero-order chi connectivity index (χ0) is 20.6. The van der Waals surface area contributed by atoms with Crippen LogP contribution >= 0.6 is 15.9 Å². The summed E-state index contributed by atoms with van der Waals surface area (Å²) in [6.45, 7) is 6.33. The third-order valence-electron chi connectivity index (χ3n) is 4.94. The molecule has 2 aliphatic rings. The van der Waals surface area contributed by atoms with Crippen molar-refractivity contribution in [3.63, 3.8) is 0 Å². The summed E-state index contributed by atoms with van der Waals surface area (Å²) in [4.78, 5) is 25.7. The first-order valence-corrected chi connectivity index (χ1v) is 9.92. The summed E-state index contributed by atoms with van der Waals surface area (Å²) < 4.78 is 17.3. The number of nitrogens with two attached hydrogens (primary N) is 1. The van der Waals surface area contributed by atoms with Crippen LogP contribution in [0.15, 0.2) is 45.5 Å². The van der Waals surface area contributed by atoms with Crippen molar-refractivity contribution >= 4 is 27.7 Å². The van der Waals surface area contributed by atoms with E-state index >= 15 is 0 Å². The topological polar surface area (TPSA) is 87.8 Å². The Labute approximate surface area is 172 Å². The maximum atomic E-state index is 13.1. The standard InChI is InChI=1S/C21H24BrNO5/c1-5-27-14-7-6-11(22)8-12(14)16-17-13(24)9-21(2,3)10-15(17)28-19(23)18(16)20(25)26-4/h6-8,16H,5,9-10,23H2,1-4H3. The number of carbonyl (C=O) groups is 2. The van der Waals surface area contributed by atoms with Gasteiger partial charge in [0.1, 0.15) is 17.1 Å². The van der Waals surface area contributed by atoms with Crippen molar-refractivity contribution in [3.05, 3.63) is 51.0 Å². The van der Waals surface area contributed by atoms with E-state index in [0.29, 0.717) is 42.1 Å². The van der Waals surface area contributed by atoms with Gasteiger partial charge in [-0.1, -0.05) is 29.8 Å². The smallest absolute Gasteiger partial charge is 0.340 e. The third-order valence-corrected chi connectivity index (χ3v) is 5.44. The van der Waals surface area contributed by atoms with Gasteiger partial charge in [-0.2, -0.15) is 0 Å². The number of rotatable bonds is 4. The van der Waals surface area contributed by atoms with E-state index in [9.17, 15) is 9.59 Å². The summed E-state index contributed by atoms with van der Waals surface area (Å²) in [7, 11) is 1.28. The van der Waals surface area contributed by atoms with Gasteiger partial charge in [0.15, 0.2) is 5.78 Å². The summed E-state index contributed by atoms with van der Waals surface area (Å²) in [6, 6.07) is 5.50. The lowest BCUT2D eigenvalue weighted by atomic mass is 9.70. The van der Waals surface area contributed by atoms with E-state index < -0.39 is 11.9 Å². The summed E-state index contributed by atoms with van der Waals surface area (Å²) in [5.74, 6) is -0.348. The molecule has 0 spiro atoms. The van der Waals surface area contributed by atoms with Crippen LogP contribution in [0.2, 0.25) is 0 Å². The number of methoxy groups -OCH3 is 1. The normalized spacial score (nSPS) is 21.2. The number of hydrogen-bond donors (Lipinski definition) is 1. The third kappa shape index (κ3) is 3.68. The molecule has 6 nitrogen and oxygen atoms in total. The highest BCUT2D eigenvalue weighted by Gasteiger charge is 2.45. The van der Waals surface area contributed by atoms with Crippen LogP contribution in [0.25, 0.3) is 0 Å². The molecule has 0 bridgehead atoms.